The Bertz CT molecular complexity index is 510. The molecular formula is C17H27N3O3. The molecule has 6 heteroatoms. The maximum absolute atomic E-state index is 11.0. The van der Waals surface area contributed by atoms with Gasteiger partial charge in [0.2, 0.25) is 5.91 Å². The van der Waals surface area contributed by atoms with Gasteiger partial charge in [-0.3, -0.25) is 14.6 Å². The predicted molar refractivity (Wildman–Crippen MR) is 89.3 cm³/mol. The number of morpholine rings is 1. The summed E-state index contributed by atoms with van der Waals surface area (Å²) in [6, 6.07) is 8.21. The standard InChI is InChI=1S/C17H27N3O3/c1-3-22-15-6-4-5-14(9-15)10-20-7-8-23-16(12-20)11-19(2)13-17(18)21/h4-6,9,16H,3,7-8,10-13H2,1-2H3,(H2,18,21)/t16-/m0/s1. The molecule has 0 unspecified atom stereocenters. The second kappa shape index (κ2) is 8.86. The van der Waals surface area contributed by atoms with Gasteiger partial charge in [0.1, 0.15) is 5.75 Å². The second-order valence-corrected chi connectivity index (χ2v) is 5.97. The monoisotopic (exact) mass is 321 g/mol. The van der Waals surface area contributed by atoms with Gasteiger partial charge in [0.25, 0.3) is 0 Å². The molecule has 0 radical (unpaired) electrons. The van der Waals surface area contributed by atoms with Crippen molar-refractivity contribution in [2.45, 2.75) is 19.6 Å². The van der Waals surface area contributed by atoms with E-state index in [9.17, 15) is 4.79 Å². The first kappa shape index (κ1) is 17.7. The largest absolute Gasteiger partial charge is 0.494 e. The number of hydrogen-bond acceptors (Lipinski definition) is 5. The number of carbonyl (C=O) groups is 1. The van der Waals surface area contributed by atoms with Crippen LogP contribution in [0.4, 0.5) is 0 Å². The highest BCUT2D eigenvalue weighted by atomic mass is 16.5. The molecule has 0 aliphatic carbocycles. The van der Waals surface area contributed by atoms with Gasteiger partial charge >= 0.3 is 0 Å². The summed E-state index contributed by atoms with van der Waals surface area (Å²) in [7, 11) is 1.89. The summed E-state index contributed by atoms with van der Waals surface area (Å²) in [4.78, 5) is 15.2. The first-order valence-electron chi connectivity index (χ1n) is 8.09. The number of likely N-dealkylation sites (N-methyl/N-ethyl adjacent to an activating group) is 1. The van der Waals surface area contributed by atoms with E-state index in [-0.39, 0.29) is 18.6 Å². The van der Waals surface area contributed by atoms with E-state index in [4.69, 9.17) is 15.2 Å². The van der Waals surface area contributed by atoms with Crippen molar-refractivity contribution in [2.75, 3.05) is 46.4 Å². The molecule has 1 fully saturated rings. The summed E-state index contributed by atoms with van der Waals surface area (Å²) in [6.07, 6.45) is 0.100. The molecule has 1 aliphatic heterocycles. The van der Waals surface area contributed by atoms with E-state index < -0.39 is 0 Å². The van der Waals surface area contributed by atoms with Crippen molar-refractivity contribution in [1.82, 2.24) is 9.80 Å². The number of amides is 1. The number of nitrogens with two attached hydrogens (primary N) is 1. The Morgan fingerprint density at radius 3 is 3.09 bits per heavy atom. The fourth-order valence-electron chi connectivity index (χ4n) is 2.87. The van der Waals surface area contributed by atoms with Crippen LogP contribution in [-0.2, 0) is 16.1 Å². The molecule has 0 saturated carbocycles. The molecule has 1 atom stereocenters. The van der Waals surface area contributed by atoms with Gasteiger partial charge in [0.15, 0.2) is 0 Å². The summed E-state index contributed by atoms with van der Waals surface area (Å²) in [5.74, 6) is 0.601. The zero-order valence-electron chi connectivity index (χ0n) is 14.0. The van der Waals surface area contributed by atoms with E-state index >= 15 is 0 Å². The van der Waals surface area contributed by atoms with Crippen molar-refractivity contribution < 1.29 is 14.3 Å². The summed E-state index contributed by atoms with van der Waals surface area (Å²) in [6.45, 7) is 6.98. The number of ether oxygens (including phenoxy) is 2. The number of hydrogen-bond donors (Lipinski definition) is 1. The number of rotatable bonds is 8. The van der Waals surface area contributed by atoms with Crippen LogP contribution >= 0.6 is 0 Å². The summed E-state index contributed by atoms with van der Waals surface area (Å²) in [5, 5.41) is 0. The van der Waals surface area contributed by atoms with E-state index in [0.29, 0.717) is 19.8 Å². The lowest BCUT2D eigenvalue weighted by molar-refractivity contribution is -0.119. The third-order valence-corrected chi connectivity index (χ3v) is 3.78. The van der Waals surface area contributed by atoms with Crippen molar-refractivity contribution in [3.05, 3.63) is 29.8 Å². The third kappa shape index (κ3) is 6.17. The molecule has 1 aliphatic rings. The molecule has 1 aromatic rings. The average molecular weight is 321 g/mol. The van der Waals surface area contributed by atoms with E-state index in [1.54, 1.807) is 0 Å². The van der Waals surface area contributed by atoms with Crippen LogP contribution in [0.1, 0.15) is 12.5 Å². The normalized spacial score (nSPS) is 19.0. The molecule has 23 heavy (non-hydrogen) atoms. The molecule has 2 N–H and O–H groups in total. The van der Waals surface area contributed by atoms with E-state index in [1.165, 1.54) is 5.56 Å². The molecule has 0 aromatic heterocycles. The second-order valence-electron chi connectivity index (χ2n) is 5.97. The fraction of sp³-hybridized carbons (Fsp3) is 0.588. The molecule has 6 nitrogen and oxygen atoms in total. The molecule has 0 spiro atoms. The molecule has 0 bridgehead atoms. The fourth-order valence-corrected chi connectivity index (χ4v) is 2.87. The van der Waals surface area contributed by atoms with Crippen LogP contribution in [0.25, 0.3) is 0 Å². The summed E-state index contributed by atoms with van der Waals surface area (Å²) in [5.41, 5.74) is 6.46. The smallest absolute Gasteiger partial charge is 0.231 e. The Morgan fingerprint density at radius 1 is 1.52 bits per heavy atom. The van der Waals surface area contributed by atoms with Gasteiger partial charge in [0.05, 0.1) is 25.9 Å². The van der Waals surface area contributed by atoms with Crippen molar-refractivity contribution in [3.8, 4) is 5.75 Å². The van der Waals surface area contributed by atoms with Crippen molar-refractivity contribution >= 4 is 5.91 Å². The highest BCUT2D eigenvalue weighted by Gasteiger charge is 2.22. The Kier molecular flexibility index (Phi) is 6.83. The van der Waals surface area contributed by atoms with Crippen LogP contribution in [0, 0.1) is 0 Å². The first-order chi connectivity index (χ1) is 11.1. The highest BCUT2D eigenvalue weighted by molar-refractivity contribution is 5.75. The number of carbonyl (C=O) groups excluding carboxylic acids is 1. The molecule has 2 rings (SSSR count). The number of nitrogens with zero attached hydrogens (tertiary/aromatic N) is 2. The van der Waals surface area contributed by atoms with Crippen LogP contribution < -0.4 is 10.5 Å². The molecule has 1 saturated heterocycles. The van der Waals surface area contributed by atoms with Gasteiger partial charge in [-0.1, -0.05) is 12.1 Å². The molecule has 128 valence electrons. The van der Waals surface area contributed by atoms with Crippen LogP contribution in [0.5, 0.6) is 5.75 Å². The maximum atomic E-state index is 11.0. The van der Waals surface area contributed by atoms with Gasteiger partial charge < -0.3 is 15.2 Å². The lowest BCUT2D eigenvalue weighted by atomic mass is 10.1. The zero-order valence-corrected chi connectivity index (χ0v) is 14.0. The van der Waals surface area contributed by atoms with Crippen LogP contribution in [-0.4, -0.2) is 68.3 Å². The topological polar surface area (TPSA) is 68.0 Å². The van der Waals surface area contributed by atoms with E-state index in [0.717, 1.165) is 25.4 Å². The summed E-state index contributed by atoms with van der Waals surface area (Å²) >= 11 is 0. The quantitative estimate of drug-likeness (QED) is 0.763. The Morgan fingerprint density at radius 2 is 2.35 bits per heavy atom. The van der Waals surface area contributed by atoms with Gasteiger partial charge in [-0.15, -0.1) is 0 Å². The van der Waals surface area contributed by atoms with Crippen molar-refractivity contribution in [3.63, 3.8) is 0 Å². The van der Waals surface area contributed by atoms with Gasteiger partial charge in [-0.25, -0.2) is 0 Å². The SMILES string of the molecule is CCOc1cccc(CN2CCO[C@@H](CN(C)CC(N)=O)C2)c1. The number of benzene rings is 1. The van der Waals surface area contributed by atoms with Gasteiger partial charge in [0, 0.05) is 26.2 Å². The minimum absolute atomic E-state index is 0.100. The highest BCUT2D eigenvalue weighted by Crippen LogP contribution is 2.16. The van der Waals surface area contributed by atoms with Crippen LogP contribution in [0.15, 0.2) is 24.3 Å². The zero-order chi connectivity index (χ0) is 16.7. The van der Waals surface area contributed by atoms with Gasteiger partial charge in [-0.2, -0.15) is 0 Å². The minimum Gasteiger partial charge on any atom is -0.494 e. The van der Waals surface area contributed by atoms with Crippen molar-refractivity contribution in [1.29, 1.82) is 0 Å². The molecule has 1 aromatic carbocycles. The third-order valence-electron chi connectivity index (χ3n) is 3.78. The van der Waals surface area contributed by atoms with Crippen LogP contribution in [0.2, 0.25) is 0 Å². The lowest BCUT2D eigenvalue weighted by Crippen LogP contribution is -2.47. The van der Waals surface area contributed by atoms with Crippen molar-refractivity contribution in [2.24, 2.45) is 5.73 Å². The van der Waals surface area contributed by atoms with E-state index in [2.05, 4.69) is 17.0 Å². The van der Waals surface area contributed by atoms with E-state index in [1.807, 2.05) is 31.0 Å². The predicted octanol–water partition coefficient (Wildman–Crippen LogP) is 0.703. The Hall–Kier alpha value is -1.63. The maximum Gasteiger partial charge on any atom is 0.231 e. The Labute approximate surface area is 138 Å². The molecule has 1 amide bonds. The lowest BCUT2D eigenvalue weighted by Gasteiger charge is -2.34. The average Bonchev–Trinajstić information content (AvgIpc) is 2.47. The van der Waals surface area contributed by atoms with Crippen LogP contribution in [0.3, 0.4) is 0 Å². The Balaban J connectivity index is 1.86. The number of primary amides is 1. The van der Waals surface area contributed by atoms with Gasteiger partial charge in [-0.05, 0) is 31.7 Å². The minimum atomic E-state index is -0.312. The summed E-state index contributed by atoms with van der Waals surface area (Å²) < 4.78 is 11.4. The molecular weight excluding hydrogens is 294 g/mol. The first-order valence-corrected chi connectivity index (χ1v) is 8.09. The molecule has 1 heterocycles.